The first-order valence-corrected chi connectivity index (χ1v) is 10.8. The molecule has 2 aromatic carbocycles. The van der Waals surface area contributed by atoms with Gasteiger partial charge in [-0.1, -0.05) is 0 Å². The molecule has 2 heterocycles. The molecule has 6 nitrogen and oxygen atoms in total. The number of carbonyl (C=O) groups is 2. The van der Waals surface area contributed by atoms with Gasteiger partial charge >= 0.3 is 0 Å². The molecule has 0 spiro atoms. The maximum absolute atomic E-state index is 14.3. The van der Waals surface area contributed by atoms with Gasteiger partial charge in [-0.2, -0.15) is 0 Å². The molecular formula is C24H22FNO5S. The maximum Gasteiger partial charge on any atom is 0.255 e. The summed E-state index contributed by atoms with van der Waals surface area (Å²) in [6, 6.07) is 11.4. The summed E-state index contributed by atoms with van der Waals surface area (Å²) in [4.78, 5) is 25.7. The maximum atomic E-state index is 14.3. The Bertz CT molecular complexity index is 1190. The van der Waals surface area contributed by atoms with Gasteiger partial charge in [-0.25, -0.2) is 4.39 Å². The summed E-state index contributed by atoms with van der Waals surface area (Å²) in [6.45, 7) is 1.73. The number of carbonyl (C=O) groups excluding carboxylic acids is 2. The van der Waals surface area contributed by atoms with Crippen LogP contribution in [-0.2, 0) is 6.42 Å². The van der Waals surface area contributed by atoms with Crippen LogP contribution in [0.4, 0.5) is 4.39 Å². The monoisotopic (exact) mass is 455 g/mol. The summed E-state index contributed by atoms with van der Waals surface area (Å²) >= 11 is 1.30. The van der Waals surface area contributed by atoms with Crippen LogP contribution in [0.25, 0.3) is 10.4 Å². The van der Waals surface area contributed by atoms with Crippen LogP contribution in [0.5, 0.6) is 17.2 Å². The summed E-state index contributed by atoms with van der Waals surface area (Å²) in [6.07, 6.45) is 0.110. The van der Waals surface area contributed by atoms with Crippen LogP contribution in [0.15, 0.2) is 42.5 Å². The van der Waals surface area contributed by atoms with Crippen molar-refractivity contribution in [3.63, 3.8) is 0 Å². The van der Waals surface area contributed by atoms with Gasteiger partial charge in [0.1, 0.15) is 29.2 Å². The van der Waals surface area contributed by atoms with Gasteiger partial charge in [-0.3, -0.25) is 9.59 Å². The molecule has 0 aliphatic carbocycles. The topological polar surface area (TPSA) is 73.9 Å². The second kappa shape index (κ2) is 9.00. The van der Waals surface area contributed by atoms with Gasteiger partial charge in [-0.15, -0.1) is 11.3 Å². The number of hydrogen-bond donors (Lipinski definition) is 1. The molecule has 1 atom stereocenters. The summed E-state index contributed by atoms with van der Waals surface area (Å²) in [7, 11) is 3.02. The van der Waals surface area contributed by atoms with Gasteiger partial charge in [0.15, 0.2) is 5.78 Å². The molecule has 0 saturated carbocycles. The summed E-state index contributed by atoms with van der Waals surface area (Å²) in [5.74, 6) is 0.830. The molecule has 0 fully saturated rings. The minimum atomic E-state index is -0.370. The lowest BCUT2D eigenvalue weighted by molar-refractivity contribution is 0.0929. The number of ketones is 1. The molecule has 0 radical (unpaired) electrons. The van der Waals surface area contributed by atoms with Crippen molar-refractivity contribution in [3.05, 3.63) is 64.3 Å². The Labute approximate surface area is 188 Å². The highest BCUT2D eigenvalue weighted by Gasteiger charge is 2.28. The molecule has 0 bridgehead atoms. The van der Waals surface area contributed by atoms with Crippen molar-refractivity contribution >= 4 is 23.0 Å². The van der Waals surface area contributed by atoms with E-state index in [4.69, 9.17) is 14.2 Å². The Morgan fingerprint density at radius 3 is 2.66 bits per heavy atom. The number of benzene rings is 2. The zero-order valence-corrected chi connectivity index (χ0v) is 18.7. The molecular weight excluding hydrogens is 433 g/mol. The average molecular weight is 456 g/mol. The van der Waals surface area contributed by atoms with E-state index in [-0.39, 0.29) is 30.2 Å². The lowest BCUT2D eigenvalue weighted by Gasteiger charge is -2.15. The summed E-state index contributed by atoms with van der Waals surface area (Å²) < 4.78 is 30.8. The van der Waals surface area contributed by atoms with E-state index < -0.39 is 0 Å². The molecule has 1 aliphatic heterocycles. The number of hydrogen-bond acceptors (Lipinski definition) is 6. The van der Waals surface area contributed by atoms with Crippen LogP contribution in [0, 0.1) is 5.82 Å². The predicted octanol–water partition coefficient (Wildman–Crippen LogP) is 4.51. The van der Waals surface area contributed by atoms with E-state index in [1.165, 1.54) is 44.6 Å². The molecule has 0 saturated heterocycles. The number of halogens is 1. The quantitative estimate of drug-likeness (QED) is 0.531. The Morgan fingerprint density at radius 2 is 1.97 bits per heavy atom. The second-order valence-corrected chi connectivity index (χ2v) is 8.47. The van der Waals surface area contributed by atoms with Crippen LogP contribution >= 0.6 is 11.3 Å². The summed E-state index contributed by atoms with van der Waals surface area (Å²) in [5.41, 5.74) is 1.70. The lowest BCUT2D eigenvalue weighted by Crippen LogP contribution is -2.34. The number of nitrogens with one attached hydrogen (secondary N) is 1. The fraction of sp³-hybridized carbons (Fsp3) is 0.250. The average Bonchev–Trinajstić information content (AvgIpc) is 3.43. The molecule has 1 amide bonds. The third kappa shape index (κ3) is 4.31. The van der Waals surface area contributed by atoms with Gasteiger partial charge in [0, 0.05) is 22.4 Å². The summed E-state index contributed by atoms with van der Waals surface area (Å²) in [5, 5.41) is 2.86. The highest BCUT2D eigenvalue weighted by Crippen LogP contribution is 2.42. The number of amides is 1. The van der Waals surface area contributed by atoms with E-state index in [0.29, 0.717) is 39.7 Å². The normalized spacial score (nSPS) is 14.4. The third-order valence-corrected chi connectivity index (χ3v) is 6.44. The zero-order chi connectivity index (χ0) is 22.8. The first kappa shape index (κ1) is 21.8. The van der Waals surface area contributed by atoms with E-state index >= 15 is 0 Å². The van der Waals surface area contributed by atoms with E-state index in [9.17, 15) is 14.0 Å². The number of methoxy groups -OCH3 is 2. The molecule has 1 aliphatic rings. The first-order valence-electron chi connectivity index (χ1n) is 10.00. The van der Waals surface area contributed by atoms with Crippen LogP contribution in [0.1, 0.15) is 32.5 Å². The molecule has 1 aromatic heterocycles. The lowest BCUT2D eigenvalue weighted by atomic mass is 10.0. The Kier molecular flexibility index (Phi) is 6.14. The van der Waals surface area contributed by atoms with Crippen molar-refractivity contribution in [3.8, 4) is 27.7 Å². The van der Waals surface area contributed by atoms with E-state index in [0.717, 1.165) is 10.4 Å². The molecule has 166 valence electrons. The van der Waals surface area contributed by atoms with Gasteiger partial charge in [-0.05, 0) is 49.4 Å². The Hall–Kier alpha value is -3.39. The minimum absolute atomic E-state index is 0.0382. The Morgan fingerprint density at radius 1 is 1.16 bits per heavy atom. The number of thiophene rings is 1. The number of Topliss-reactive ketones (excluding diaryl/α,β-unsaturated/α-hetero) is 1. The van der Waals surface area contributed by atoms with Crippen LogP contribution in [-0.4, -0.2) is 38.6 Å². The van der Waals surface area contributed by atoms with Crippen molar-refractivity contribution in [2.75, 3.05) is 20.8 Å². The van der Waals surface area contributed by atoms with Crippen molar-refractivity contribution in [1.29, 1.82) is 0 Å². The first-order chi connectivity index (χ1) is 15.4. The SMILES string of the molecule is COc1ccc(OC)c(C(=O)NCC2Cc3cc(F)cc(-c4ccc(C(C)=O)s4)c3O2)c1. The van der Waals surface area contributed by atoms with E-state index in [1.54, 1.807) is 30.3 Å². The highest BCUT2D eigenvalue weighted by atomic mass is 32.1. The second-order valence-electron chi connectivity index (χ2n) is 7.38. The number of fused-ring (bicyclic) bond motifs is 1. The smallest absolute Gasteiger partial charge is 0.255 e. The van der Waals surface area contributed by atoms with Gasteiger partial charge in [0.05, 0.1) is 31.2 Å². The van der Waals surface area contributed by atoms with E-state index in [2.05, 4.69) is 5.32 Å². The molecule has 4 rings (SSSR count). The van der Waals surface area contributed by atoms with Gasteiger partial charge in [0.2, 0.25) is 0 Å². The van der Waals surface area contributed by atoms with Crippen molar-refractivity contribution < 1.29 is 28.2 Å². The molecule has 32 heavy (non-hydrogen) atoms. The molecule has 3 aromatic rings. The number of ether oxygens (including phenoxy) is 3. The molecule has 1 unspecified atom stereocenters. The van der Waals surface area contributed by atoms with Gasteiger partial charge < -0.3 is 19.5 Å². The van der Waals surface area contributed by atoms with Gasteiger partial charge in [0.25, 0.3) is 5.91 Å². The van der Waals surface area contributed by atoms with Crippen molar-refractivity contribution in [2.24, 2.45) is 0 Å². The van der Waals surface area contributed by atoms with Crippen molar-refractivity contribution in [1.82, 2.24) is 5.32 Å². The fourth-order valence-electron chi connectivity index (χ4n) is 3.66. The fourth-order valence-corrected chi connectivity index (χ4v) is 4.57. The van der Waals surface area contributed by atoms with Crippen LogP contribution < -0.4 is 19.5 Å². The van der Waals surface area contributed by atoms with Crippen LogP contribution in [0.3, 0.4) is 0 Å². The molecule has 1 N–H and O–H groups in total. The van der Waals surface area contributed by atoms with E-state index in [1.807, 2.05) is 0 Å². The standard InChI is InChI=1S/C24H22FNO5S/c1-13(27)21-6-7-22(32-21)19-10-15(25)8-14-9-17(31-23(14)19)12-26-24(28)18-11-16(29-2)4-5-20(18)30-3/h4-8,10-11,17H,9,12H2,1-3H3,(H,26,28). The minimum Gasteiger partial charge on any atom is -0.497 e. The number of rotatable bonds is 7. The largest absolute Gasteiger partial charge is 0.497 e. The van der Waals surface area contributed by atoms with Crippen LogP contribution in [0.2, 0.25) is 0 Å². The molecule has 8 heteroatoms. The highest BCUT2D eigenvalue weighted by molar-refractivity contribution is 7.17. The predicted molar refractivity (Wildman–Crippen MR) is 120 cm³/mol. The Balaban J connectivity index is 1.50. The zero-order valence-electron chi connectivity index (χ0n) is 17.9. The third-order valence-electron chi connectivity index (χ3n) is 5.22. The van der Waals surface area contributed by atoms with Crippen molar-refractivity contribution in [2.45, 2.75) is 19.4 Å².